The maximum atomic E-state index is 11.0. The fraction of sp³-hybridized carbons (Fsp3) is 0.0333. The van der Waals surface area contributed by atoms with Crippen LogP contribution in [0.1, 0.15) is 5.56 Å². The summed E-state index contributed by atoms with van der Waals surface area (Å²) in [6.07, 6.45) is 0. The quantitative estimate of drug-likeness (QED) is 0.243. The summed E-state index contributed by atoms with van der Waals surface area (Å²) in [4.78, 5) is 5.02. The Balaban J connectivity index is 1.61. The number of imidazole rings is 1. The number of benzene rings is 4. The summed E-state index contributed by atoms with van der Waals surface area (Å²) in [5, 5.41) is 16.7. The molecule has 0 amide bonds. The number of aromatic hydroxyl groups is 1. The highest BCUT2D eigenvalue weighted by atomic mass is 79.9. The number of hydrogen-bond acceptors (Lipinski definition) is 3. The SMILES string of the molecule is Oc1ccc2ccccc2c1-c1cccc2nc(-c3ccc(Br)cc3)c(NCc3ccccc3)n12. The van der Waals surface area contributed by atoms with Crippen molar-refractivity contribution < 1.29 is 5.11 Å². The Kier molecular flexibility index (Phi) is 5.47. The average molecular weight is 520 g/mol. The van der Waals surface area contributed by atoms with Crippen molar-refractivity contribution in [3.05, 3.63) is 119 Å². The Morgan fingerprint density at radius 2 is 1.54 bits per heavy atom. The van der Waals surface area contributed by atoms with Gasteiger partial charge in [-0.3, -0.25) is 4.40 Å². The van der Waals surface area contributed by atoms with Gasteiger partial charge in [-0.15, -0.1) is 0 Å². The molecule has 6 aromatic rings. The molecule has 4 aromatic carbocycles. The Morgan fingerprint density at radius 3 is 2.37 bits per heavy atom. The van der Waals surface area contributed by atoms with Gasteiger partial charge in [0.15, 0.2) is 0 Å². The van der Waals surface area contributed by atoms with Crippen LogP contribution in [-0.2, 0) is 6.54 Å². The Bertz CT molecular complexity index is 1660. The standard InChI is InChI=1S/C30H22BrN3O/c31-23-16-13-22(14-17-23)29-30(32-19-20-7-2-1-3-8-20)34-25(11-6-12-27(34)33-29)28-24-10-5-4-9-21(24)15-18-26(28)35/h1-18,32,35H,19H2. The van der Waals surface area contributed by atoms with E-state index < -0.39 is 0 Å². The molecule has 6 rings (SSSR count). The van der Waals surface area contributed by atoms with Gasteiger partial charge < -0.3 is 10.4 Å². The molecule has 0 aliphatic rings. The van der Waals surface area contributed by atoms with Crippen LogP contribution in [0.3, 0.4) is 0 Å². The number of rotatable bonds is 5. The van der Waals surface area contributed by atoms with E-state index in [2.05, 4.69) is 56.0 Å². The highest BCUT2D eigenvalue weighted by molar-refractivity contribution is 9.10. The van der Waals surface area contributed by atoms with Crippen LogP contribution in [0, 0.1) is 0 Å². The van der Waals surface area contributed by atoms with Crippen molar-refractivity contribution in [2.24, 2.45) is 0 Å². The van der Waals surface area contributed by atoms with Crippen molar-refractivity contribution in [2.45, 2.75) is 6.54 Å². The van der Waals surface area contributed by atoms with E-state index in [-0.39, 0.29) is 5.75 Å². The van der Waals surface area contributed by atoms with Crippen molar-refractivity contribution in [2.75, 3.05) is 5.32 Å². The van der Waals surface area contributed by atoms with Crippen molar-refractivity contribution in [3.63, 3.8) is 0 Å². The van der Waals surface area contributed by atoms with E-state index in [4.69, 9.17) is 4.98 Å². The van der Waals surface area contributed by atoms with Crippen molar-refractivity contribution in [3.8, 4) is 28.3 Å². The van der Waals surface area contributed by atoms with Crippen LogP contribution in [0.4, 0.5) is 5.82 Å². The smallest absolute Gasteiger partial charge is 0.139 e. The van der Waals surface area contributed by atoms with Gasteiger partial charge in [0.05, 0.1) is 5.69 Å². The molecule has 0 radical (unpaired) electrons. The largest absolute Gasteiger partial charge is 0.507 e. The zero-order chi connectivity index (χ0) is 23.8. The molecule has 0 saturated carbocycles. The van der Waals surface area contributed by atoms with Gasteiger partial charge in [-0.25, -0.2) is 4.98 Å². The number of fused-ring (bicyclic) bond motifs is 2. The van der Waals surface area contributed by atoms with E-state index in [0.29, 0.717) is 6.54 Å². The first-order valence-electron chi connectivity index (χ1n) is 11.5. The molecule has 0 saturated heterocycles. The van der Waals surface area contributed by atoms with Crippen LogP contribution < -0.4 is 5.32 Å². The average Bonchev–Trinajstić information content (AvgIpc) is 3.27. The molecule has 2 heterocycles. The molecule has 2 aromatic heterocycles. The Labute approximate surface area is 211 Å². The molecule has 2 N–H and O–H groups in total. The van der Waals surface area contributed by atoms with Gasteiger partial charge in [0.1, 0.15) is 22.9 Å². The van der Waals surface area contributed by atoms with Crippen LogP contribution in [0.25, 0.3) is 38.9 Å². The third kappa shape index (κ3) is 3.94. The van der Waals surface area contributed by atoms with Gasteiger partial charge in [0.25, 0.3) is 0 Å². The van der Waals surface area contributed by atoms with Crippen molar-refractivity contribution >= 4 is 38.2 Å². The predicted octanol–water partition coefficient (Wildman–Crippen LogP) is 7.90. The molecule has 0 atom stereocenters. The first kappa shape index (κ1) is 21.4. The summed E-state index contributed by atoms with van der Waals surface area (Å²) in [6.45, 7) is 0.647. The normalized spacial score (nSPS) is 11.2. The summed E-state index contributed by atoms with van der Waals surface area (Å²) in [5.41, 5.74) is 5.53. The molecule has 35 heavy (non-hydrogen) atoms. The maximum absolute atomic E-state index is 11.0. The van der Waals surface area contributed by atoms with Crippen molar-refractivity contribution in [1.82, 2.24) is 9.38 Å². The number of hydrogen-bond donors (Lipinski definition) is 2. The summed E-state index contributed by atoms with van der Waals surface area (Å²) in [7, 11) is 0. The van der Waals surface area contributed by atoms with Gasteiger partial charge in [0, 0.05) is 22.1 Å². The first-order valence-corrected chi connectivity index (χ1v) is 12.2. The zero-order valence-electron chi connectivity index (χ0n) is 18.8. The second-order valence-corrected chi connectivity index (χ2v) is 9.36. The van der Waals surface area contributed by atoms with E-state index in [1.54, 1.807) is 6.07 Å². The second kappa shape index (κ2) is 8.93. The molecule has 0 aliphatic carbocycles. The number of halogens is 1. The number of phenols is 1. The third-order valence-electron chi connectivity index (χ3n) is 6.23. The fourth-order valence-electron chi connectivity index (χ4n) is 4.57. The Morgan fingerprint density at radius 1 is 0.771 bits per heavy atom. The number of nitrogens with zero attached hydrogens (tertiary/aromatic N) is 2. The molecule has 170 valence electrons. The number of aromatic nitrogens is 2. The minimum absolute atomic E-state index is 0.240. The molecule has 0 spiro atoms. The number of nitrogens with one attached hydrogen (secondary N) is 1. The summed E-state index contributed by atoms with van der Waals surface area (Å²) in [5.74, 6) is 1.12. The molecule has 4 nitrogen and oxygen atoms in total. The van der Waals surface area contributed by atoms with E-state index >= 15 is 0 Å². The lowest BCUT2D eigenvalue weighted by atomic mass is 10.0. The number of pyridine rings is 1. The van der Waals surface area contributed by atoms with Gasteiger partial charge in [-0.2, -0.15) is 0 Å². The van der Waals surface area contributed by atoms with Gasteiger partial charge in [0.2, 0.25) is 0 Å². The monoisotopic (exact) mass is 519 g/mol. The van der Waals surface area contributed by atoms with Crippen molar-refractivity contribution in [1.29, 1.82) is 0 Å². The molecule has 5 heteroatoms. The van der Waals surface area contributed by atoms with Crippen LogP contribution >= 0.6 is 15.9 Å². The van der Waals surface area contributed by atoms with Gasteiger partial charge in [-0.1, -0.05) is 94.8 Å². The number of anilines is 1. The van der Waals surface area contributed by atoms with Gasteiger partial charge in [-0.05, 0) is 46.7 Å². The minimum Gasteiger partial charge on any atom is -0.507 e. The van der Waals surface area contributed by atoms with E-state index in [1.165, 1.54) is 5.56 Å². The first-order chi connectivity index (χ1) is 17.2. The highest BCUT2D eigenvalue weighted by Crippen LogP contribution is 2.40. The fourth-order valence-corrected chi connectivity index (χ4v) is 4.84. The maximum Gasteiger partial charge on any atom is 0.139 e. The summed E-state index contributed by atoms with van der Waals surface area (Å²) < 4.78 is 3.13. The van der Waals surface area contributed by atoms with E-state index in [9.17, 15) is 5.11 Å². The van der Waals surface area contributed by atoms with Crippen LogP contribution in [-0.4, -0.2) is 14.5 Å². The molecule has 0 bridgehead atoms. The molecule has 0 unspecified atom stereocenters. The molecular formula is C30H22BrN3O. The third-order valence-corrected chi connectivity index (χ3v) is 6.76. The van der Waals surface area contributed by atoms with Crippen LogP contribution in [0.15, 0.2) is 114 Å². The molecule has 0 fully saturated rings. The topological polar surface area (TPSA) is 49.6 Å². The lowest BCUT2D eigenvalue weighted by molar-refractivity contribution is 0.478. The van der Waals surface area contributed by atoms with E-state index in [1.807, 2.05) is 72.8 Å². The van der Waals surface area contributed by atoms with Gasteiger partial charge >= 0.3 is 0 Å². The summed E-state index contributed by atoms with van der Waals surface area (Å²) in [6, 6.07) is 36.4. The molecular weight excluding hydrogens is 498 g/mol. The Hall–Kier alpha value is -4.09. The minimum atomic E-state index is 0.240. The lowest BCUT2D eigenvalue weighted by Crippen LogP contribution is -2.05. The predicted molar refractivity (Wildman–Crippen MR) is 147 cm³/mol. The van der Waals surface area contributed by atoms with Crippen LogP contribution in [0.2, 0.25) is 0 Å². The zero-order valence-corrected chi connectivity index (χ0v) is 20.4. The van der Waals surface area contributed by atoms with Crippen LogP contribution in [0.5, 0.6) is 5.75 Å². The summed E-state index contributed by atoms with van der Waals surface area (Å²) >= 11 is 3.54. The lowest BCUT2D eigenvalue weighted by Gasteiger charge is -2.15. The second-order valence-electron chi connectivity index (χ2n) is 8.44. The van der Waals surface area contributed by atoms with E-state index in [0.717, 1.165) is 49.2 Å². The highest BCUT2D eigenvalue weighted by Gasteiger charge is 2.20. The number of phenolic OH excluding ortho intramolecular Hbond substituents is 1. The molecule has 0 aliphatic heterocycles.